The maximum Gasteiger partial charge on any atom is 0.269 e. The van der Waals surface area contributed by atoms with Gasteiger partial charge in [0, 0.05) is 44.9 Å². The Balaban J connectivity index is 1.96. The molecule has 0 amide bonds. The Hall–Kier alpha value is -1.51. The molecule has 0 aromatic heterocycles. The van der Waals surface area contributed by atoms with Gasteiger partial charge in [-0.3, -0.25) is 15.0 Å². The molecule has 0 spiro atoms. The van der Waals surface area contributed by atoms with Crippen LogP contribution < -0.4 is 0 Å². The largest absolute Gasteiger partial charge is 0.296 e. The van der Waals surface area contributed by atoms with Crippen molar-refractivity contribution in [3.63, 3.8) is 0 Å². The number of rotatable bonds is 4. The smallest absolute Gasteiger partial charge is 0.269 e. The highest BCUT2D eigenvalue weighted by Crippen LogP contribution is 2.16. The van der Waals surface area contributed by atoms with Crippen molar-refractivity contribution in [2.24, 2.45) is 0 Å². The average Bonchev–Trinajstić information content (AvgIpc) is 2.38. The van der Waals surface area contributed by atoms with Crippen LogP contribution in [-0.2, 0) is 16.6 Å². The molecule has 0 unspecified atom stereocenters. The van der Waals surface area contributed by atoms with Crippen LogP contribution in [0.1, 0.15) is 5.56 Å². The van der Waals surface area contributed by atoms with E-state index >= 15 is 0 Å². The summed E-state index contributed by atoms with van der Waals surface area (Å²) in [5.74, 6) is 0. The van der Waals surface area contributed by atoms with Crippen LogP contribution in [0, 0.1) is 10.1 Å². The van der Waals surface area contributed by atoms with Crippen molar-refractivity contribution >= 4 is 15.7 Å². The molecule has 0 bridgehead atoms. The number of nitro groups is 1. The highest BCUT2D eigenvalue weighted by molar-refractivity contribution is 7.88. The van der Waals surface area contributed by atoms with Gasteiger partial charge in [0.15, 0.2) is 0 Å². The van der Waals surface area contributed by atoms with Crippen molar-refractivity contribution in [3.8, 4) is 0 Å². The van der Waals surface area contributed by atoms with Gasteiger partial charge in [-0.1, -0.05) is 12.1 Å². The van der Waals surface area contributed by atoms with E-state index in [1.807, 2.05) is 6.07 Å². The predicted octanol–water partition coefficient (Wildman–Crippen LogP) is 0.672. The van der Waals surface area contributed by atoms with E-state index in [0.717, 1.165) is 5.56 Å². The van der Waals surface area contributed by atoms with Crippen LogP contribution in [0.15, 0.2) is 24.3 Å². The highest BCUT2D eigenvalue weighted by Gasteiger charge is 2.23. The molecule has 0 radical (unpaired) electrons. The molecule has 1 aromatic rings. The molecule has 1 aliphatic rings. The number of nitro benzene ring substituents is 1. The number of hydrogen-bond donors (Lipinski definition) is 0. The molecule has 20 heavy (non-hydrogen) atoms. The van der Waals surface area contributed by atoms with Crippen LogP contribution in [-0.4, -0.2) is 55.0 Å². The van der Waals surface area contributed by atoms with Gasteiger partial charge in [-0.2, -0.15) is 4.31 Å². The standard InChI is InChI=1S/C12H17N3O4S/c1-20(18,19)14-7-5-13(6-8-14)10-11-3-2-4-12(9-11)15(16)17/h2-4,9H,5-8,10H2,1H3. The summed E-state index contributed by atoms with van der Waals surface area (Å²) in [6, 6.07) is 6.53. The fourth-order valence-corrected chi connectivity index (χ4v) is 3.07. The molecule has 7 nitrogen and oxygen atoms in total. The Bertz CT molecular complexity index is 594. The molecule has 0 saturated carbocycles. The zero-order valence-corrected chi connectivity index (χ0v) is 12.0. The molecule has 1 fully saturated rings. The van der Waals surface area contributed by atoms with Gasteiger partial charge >= 0.3 is 0 Å². The number of sulfonamides is 1. The zero-order chi connectivity index (χ0) is 14.8. The number of piperazine rings is 1. The lowest BCUT2D eigenvalue weighted by Crippen LogP contribution is -2.47. The molecule has 1 heterocycles. The van der Waals surface area contributed by atoms with E-state index in [-0.39, 0.29) is 5.69 Å². The van der Waals surface area contributed by atoms with Crippen LogP contribution in [0.4, 0.5) is 5.69 Å². The van der Waals surface area contributed by atoms with Crippen molar-refractivity contribution in [1.29, 1.82) is 0 Å². The van der Waals surface area contributed by atoms with Gasteiger partial charge in [0.25, 0.3) is 5.69 Å². The maximum absolute atomic E-state index is 11.4. The van der Waals surface area contributed by atoms with Crippen LogP contribution >= 0.6 is 0 Å². The zero-order valence-electron chi connectivity index (χ0n) is 11.2. The van der Waals surface area contributed by atoms with E-state index < -0.39 is 14.9 Å². The van der Waals surface area contributed by atoms with E-state index in [1.54, 1.807) is 12.1 Å². The van der Waals surface area contributed by atoms with Gasteiger partial charge in [-0.25, -0.2) is 8.42 Å². The molecule has 1 saturated heterocycles. The summed E-state index contributed by atoms with van der Waals surface area (Å²) in [5, 5.41) is 10.7. The first kappa shape index (κ1) is 14.9. The van der Waals surface area contributed by atoms with Gasteiger partial charge in [0.05, 0.1) is 11.2 Å². The molecular formula is C12H17N3O4S. The quantitative estimate of drug-likeness (QED) is 0.603. The number of non-ortho nitro benzene ring substituents is 1. The lowest BCUT2D eigenvalue weighted by Gasteiger charge is -2.33. The Morgan fingerprint density at radius 2 is 1.90 bits per heavy atom. The van der Waals surface area contributed by atoms with E-state index in [2.05, 4.69) is 4.90 Å². The third kappa shape index (κ3) is 3.75. The molecule has 8 heteroatoms. The average molecular weight is 299 g/mol. The monoisotopic (exact) mass is 299 g/mol. The van der Waals surface area contributed by atoms with Crippen molar-refractivity contribution < 1.29 is 13.3 Å². The molecular weight excluding hydrogens is 282 g/mol. The molecule has 0 aliphatic carbocycles. The molecule has 1 aliphatic heterocycles. The Labute approximate surface area is 118 Å². The minimum Gasteiger partial charge on any atom is -0.296 e. The SMILES string of the molecule is CS(=O)(=O)N1CCN(Cc2cccc([N+](=O)[O-])c2)CC1. The first-order valence-electron chi connectivity index (χ1n) is 6.27. The summed E-state index contributed by atoms with van der Waals surface area (Å²) in [6.07, 6.45) is 1.21. The van der Waals surface area contributed by atoms with Crippen molar-refractivity contribution in [3.05, 3.63) is 39.9 Å². The van der Waals surface area contributed by atoms with Crippen LogP contribution in [0.2, 0.25) is 0 Å². The third-order valence-electron chi connectivity index (χ3n) is 3.33. The van der Waals surface area contributed by atoms with Crippen LogP contribution in [0.25, 0.3) is 0 Å². The lowest BCUT2D eigenvalue weighted by molar-refractivity contribution is -0.384. The van der Waals surface area contributed by atoms with Gasteiger partial charge in [-0.05, 0) is 5.56 Å². The van der Waals surface area contributed by atoms with E-state index in [1.165, 1.54) is 16.6 Å². The van der Waals surface area contributed by atoms with Crippen LogP contribution in [0.3, 0.4) is 0 Å². The summed E-state index contributed by atoms with van der Waals surface area (Å²) in [7, 11) is -3.12. The Morgan fingerprint density at radius 3 is 2.45 bits per heavy atom. The summed E-state index contributed by atoms with van der Waals surface area (Å²) in [5.41, 5.74) is 0.948. The third-order valence-corrected chi connectivity index (χ3v) is 4.63. The number of hydrogen-bond acceptors (Lipinski definition) is 5. The first-order chi connectivity index (χ1) is 9.36. The lowest BCUT2D eigenvalue weighted by atomic mass is 10.2. The minimum absolute atomic E-state index is 0.0808. The van der Waals surface area contributed by atoms with Crippen molar-refractivity contribution in [2.75, 3.05) is 32.4 Å². The second-order valence-electron chi connectivity index (χ2n) is 4.87. The van der Waals surface area contributed by atoms with E-state index in [4.69, 9.17) is 0 Å². The second kappa shape index (κ2) is 5.86. The fraction of sp³-hybridized carbons (Fsp3) is 0.500. The molecule has 2 rings (SSSR count). The topological polar surface area (TPSA) is 83.8 Å². The predicted molar refractivity (Wildman–Crippen MR) is 74.8 cm³/mol. The molecule has 110 valence electrons. The number of benzene rings is 1. The van der Waals surface area contributed by atoms with Crippen molar-refractivity contribution in [1.82, 2.24) is 9.21 Å². The second-order valence-corrected chi connectivity index (χ2v) is 6.85. The Morgan fingerprint density at radius 1 is 1.25 bits per heavy atom. The molecule has 0 N–H and O–H groups in total. The minimum atomic E-state index is -3.12. The highest BCUT2D eigenvalue weighted by atomic mass is 32.2. The normalized spacial score (nSPS) is 18.1. The fourth-order valence-electron chi connectivity index (χ4n) is 2.25. The van der Waals surface area contributed by atoms with Gasteiger partial charge in [0.1, 0.15) is 0 Å². The maximum atomic E-state index is 11.4. The van der Waals surface area contributed by atoms with Gasteiger partial charge in [0.2, 0.25) is 10.0 Å². The van der Waals surface area contributed by atoms with E-state index in [9.17, 15) is 18.5 Å². The Kier molecular flexibility index (Phi) is 4.36. The summed E-state index contributed by atoms with van der Waals surface area (Å²) >= 11 is 0. The first-order valence-corrected chi connectivity index (χ1v) is 8.12. The van der Waals surface area contributed by atoms with Crippen LogP contribution in [0.5, 0.6) is 0 Å². The van der Waals surface area contributed by atoms with Gasteiger partial charge < -0.3 is 0 Å². The number of nitrogens with zero attached hydrogens (tertiary/aromatic N) is 3. The molecule has 0 atom stereocenters. The summed E-state index contributed by atoms with van der Waals surface area (Å²) in [6.45, 7) is 2.80. The van der Waals surface area contributed by atoms with E-state index in [0.29, 0.717) is 32.7 Å². The molecule has 1 aromatic carbocycles. The summed E-state index contributed by atoms with van der Waals surface area (Å²) in [4.78, 5) is 12.4. The van der Waals surface area contributed by atoms with Gasteiger partial charge in [-0.15, -0.1) is 0 Å². The summed E-state index contributed by atoms with van der Waals surface area (Å²) < 4.78 is 24.3. The van der Waals surface area contributed by atoms with Crippen molar-refractivity contribution in [2.45, 2.75) is 6.54 Å².